The molecule has 0 bridgehead atoms. The second-order valence-corrected chi connectivity index (χ2v) is 6.26. The second-order valence-electron chi connectivity index (χ2n) is 6.26. The number of pyridine rings is 1. The van der Waals surface area contributed by atoms with Crippen LogP contribution in [-0.2, 0) is 0 Å². The maximum absolute atomic E-state index is 12.6. The molecule has 6 heteroatoms. The summed E-state index contributed by atoms with van der Waals surface area (Å²) >= 11 is 0. The van der Waals surface area contributed by atoms with Crippen molar-refractivity contribution in [3.05, 3.63) is 90.0 Å². The summed E-state index contributed by atoms with van der Waals surface area (Å²) in [6, 6.07) is 17.7. The molecular formula is C22H17N3O3. The van der Waals surface area contributed by atoms with E-state index in [1.165, 1.54) is 6.26 Å². The smallest absolute Gasteiger partial charge is 0.259 e. The highest BCUT2D eigenvalue weighted by molar-refractivity contribution is 6.09. The van der Waals surface area contributed by atoms with E-state index in [0.717, 1.165) is 10.9 Å². The first kappa shape index (κ1) is 17.5. The van der Waals surface area contributed by atoms with Gasteiger partial charge in [-0.3, -0.25) is 14.6 Å². The van der Waals surface area contributed by atoms with Gasteiger partial charge in [-0.05, 0) is 49.4 Å². The number of amides is 2. The molecule has 0 spiro atoms. The molecule has 0 aliphatic carbocycles. The summed E-state index contributed by atoms with van der Waals surface area (Å²) < 4.78 is 5.14. The van der Waals surface area contributed by atoms with E-state index in [-0.39, 0.29) is 11.8 Å². The lowest BCUT2D eigenvalue weighted by Gasteiger charge is -2.09. The van der Waals surface area contributed by atoms with Gasteiger partial charge in [0.1, 0.15) is 5.76 Å². The summed E-state index contributed by atoms with van der Waals surface area (Å²) in [6.07, 6.45) is 3.16. The quantitative estimate of drug-likeness (QED) is 0.547. The monoisotopic (exact) mass is 371 g/mol. The number of fused-ring (bicyclic) bond motifs is 1. The van der Waals surface area contributed by atoms with Crippen LogP contribution in [0.4, 0.5) is 11.4 Å². The highest BCUT2D eigenvalue weighted by Gasteiger charge is 2.13. The van der Waals surface area contributed by atoms with E-state index < -0.39 is 0 Å². The van der Waals surface area contributed by atoms with Crippen LogP contribution >= 0.6 is 0 Å². The van der Waals surface area contributed by atoms with Crippen LogP contribution in [0.5, 0.6) is 0 Å². The van der Waals surface area contributed by atoms with Gasteiger partial charge < -0.3 is 15.1 Å². The van der Waals surface area contributed by atoms with E-state index in [4.69, 9.17) is 4.42 Å². The zero-order valence-electron chi connectivity index (χ0n) is 15.1. The van der Waals surface area contributed by atoms with Crippen molar-refractivity contribution in [2.75, 3.05) is 10.6 Å². The van der Waals surface area contributed by atoms with Crippen LogP contribution in [0.1, 0.15) is 26.5 Å². The van der Waals surface area contributed by atoms with Crippen LogP contribution in [0.15, 0.2) is 77.5 Å². The summed E-state index contributed by atoms with van der Waals surface area (Å²) in [4.78, 5) is 29.1. The van der Waals surface area contributed by atoms with Crippen molar-refractivity contribution >= 4 is 34.1 Å². The molecule has 0 unspecified atom stereocenters. The molecule has 4 aromatic rings. The second kappa shape index (κ2) is 7.36. The first-order chi connectivity index (χ1) is 13.6. The molecule has 2 aromatic heterocycles. The molecule has 0 aliphatic rings. The Morgan fingerprint density at radius 2 is 1.68 bits per heavy atom. The molecule has 28 heavy (non-hydrogen) atoms. The van der Waals surface area contributed by atoms with Gasteiger partial charge in [0.15, 0.2) is 0 Å². The van der Waals surface area contributed by atoms with E-state index in [1.807, 2.05) is 30.3 Å². The number of rotatable bonds is 4. The molecule has 0 saturated heterocycles. The molecule has 0 aliphatic heterocycles. The molecule has 0 atom stereocenters. The number of aromatic nitrogens is 1. The first-order valence-electron chi connectivity index (χ1n) is 8.72. The number of carbonyl (C=O) groups is 2. The summed E-state index contributed by atoms with van der Waals surface area (Å²) in [5, 5.41) is 6.63. The van der Waals surface area contributed by atoms with Gasteiger partial charge in [0, 0.05) is 22.8 Å². The molecule has 2 N–H and O–H groups in total. The molecule has 0 fully saturated rings. The fourth-order valence-corrected chi connectivity index (χ4v) is 2.92. The highest BCUT2D eigenvalue weighted by atomic mass is 16.3. The Morgan fingerprint density at radius 3 is 2.43 bits per heavy atom. The van der Waals surface area contributed by atoms with Crippen molar-refractivity contribution in [2.45, 2.75) is 6.92 Å². The van der Waals surface area contributed by atoms with Crippen LogP contribution in [0.3, 0.4) is 0 Å². The van der Waals surface area contributed by atoms with Crippen molar-refractivity contribution in [3.63, 3.8) is 0 Å². The van der Waals surface area contributed by atoms with Gasteiger partial charge in [0.25, 0.3) is 11.8 Å². The normalized spacial score (nSPS) is 10.6. The lowest BCUT2D eigenvalue weighted by atomic mass is 10.1. The van der Waals surface area contributed by atoms with E-state index in [0.29, 0.717) is 28.3 Å². The van der Waals surface area contributed by atoms with E-state index in [9.17, 15) is 9.59 Å². The van der Waals surface area contributed by atoms with Gasteiger partial charge >= 0.3 is 0 Å². The maximum Gasteiger partial charge on any atom is 0.259 e. The SMILES string of the molecule is Cc1occc1C(=O)Nc1ccc(C(=O)Nc2cccc3cccnc23)cc1. The van der Waals surface area contributed by atoms with Crippen LogP contribution in [0.2, 0.25) is 0 Å². The lowest BCUT2D eigenvalue weighted by Crippen LogP contribution is -2.14. The number of anilines is 2. The predicted molar refractivity (Wildman–Crippen MR) is 108 cm³/mol. The summed E-state index contributed by atoms with van der Waals surface area (Å²) in [6.45, 7) is 1.73. The Hall–Kier alpha value is -3.93. The number of furan rings is 1. The standard InChI is InChI=1S/C22H17N3O3/c1-14-18(11-13-28-14)22(27)24-17-9-7-16(8-10-17)21(26)25-19-6-2-4-15-5-3-12-23-20(15)19/h2-13H,1H3,(H,24,27)(H,25,26). The average Bonchev–Trinajstić information content (AvgIpc) is 3.15. The average molecular weight is 371 g/mol. The molecule has 2 heterocycles. The lowest BCUT2D eigenvalue weighted by molar-refractivity contribution is 0.101. The minimum atomic E-state index is -0.259. The number of nitrogens with zero attached hydrogens (tertiary/aromatic N) is 1. The fraction of sp³-hybridized carbons (Fsp3) is 0.0455. The zero-order valence-corrected chi connectivity index (χ0v) is 15.1. The highest BCUT2D eigenvalue weighted by Crippen LogP contribution is 2.22. The molecule has 2 amide bonds. The molecular weight excluding hydrogens is 354 g/mol. The van der Waals surface area contributed by atoms with Crippen LogP contribution in [-0.4, -0.2) is 16.8 Å². The number of para-hydroxylation sites is 1. The van der Waals surface area contributed by atoms with Gasteiger partial charge in [-0.25, -0.2) is 0 Å². The van der Waals surface area contributed by atoms with Gasteiger partial charge in [-0.15, -0.1) is 0 Å². The van der Waals surface area contributed by atoms with Gasteiger partial charge in [0.05, 0.1) is 23.0 Å². The molecule has 6 nitrogen and oxygen atoms in total. The van der Waals surface area contributed by atoms with Gasteiger partial charge in [-0.1, -0.05) is 18.2 Å². The molecule has 0 saturated carbocycles. The Balaban J connectivity index is 1.48. The van der Waals surface area contributed by atoms with Gasteiger partial charge in [0.2, 0.25) is 0 Å². The molecule has 2 aromatic carbocycles. The topological polar surface area (TPSA) is 84.2 Å². The number of hydrogen-bond acceptors (Lipinski definition) is 4. The summed E-state index contributed by atoms with van der Waals surface area (Å²) in [5.41, 5.74) is 2.93. The molecule has 138 valence electrons. The number of aryl methyl sites for hydroxylation is 1. The van der Waals surface area contributed by atoms with E-state index in [1.54, 1.807) is 43.5 Å². The minimum Gasteiger partial charge on any atom is -0.469 e. The number of benzene rings is 2. The third kappa shape index (κ3) is 3.48. The Kier molecular flexibility index (Phi) is 4.60. The van der Waals surface area contributed by atoms with Crippen molar-refractivity contribution in [1.82, 2.24) is 4.98 Å². The molecule has 0 radical (unpaired) electrons. The number of carbonyl (C=O) groups excluding carboxylic acids is 2. The van der Waals surface area contributed by atoms with Crippen LogP contribution in [0, 0.1) is 6.92 Å². The number of nitrogens with one attached hydrogen (secondary N) is 2. The van der Waals surface area contributed by atoms with Crippen molar-refractivity contribution in [1.29, 1.82) is 0 Å². The van der Waals surface area contributed by atoms with Crippen molar-refractivity contribution < 1.29 is 14.0 Å². The van der Waals surface area contributed by atoms with Gasteiger partial charge in [-0.2, -0.15) is 0 Å². The third-order valence-corrected chi connectivity index (χ3v) is 4.39. The first-order valence-corrected chi connectivity index (χ1v) is 8.72. The minimum absolute atomic E-state index is 0.248. The van der Waals surface area contributed by atoms with Crippen molar-refractivity contribution in [3.8, 4) is 0 Å². The van der Waals surface area contributed by atoms with Crippen LogP contribution < -0.4 is 10.6 Å². The fourth-order valence-electron chi connectivity index (χ4n) is 2.92. The predicted octanol–water partition coefficient (Wildman–Crippen LogP) is 4.64. The molecule has 4 rings (SSSR count). The van der Waals surface area contributed by atoms with Crippen molar-refractivity contribution in [2.24, 2.45) is 0 Å². The maximum atomic E-state index is 12.6. The Labute approximate surface area is 161 Å². The van der Waals surface area contributed by atoms with E-state index in [2.05, 4.69) is 15.6 Å². The summed E-state index contributed by atoms with van der Waals surface area (Å²) in [5.74, 6) is 0.0455. The third-order valence-electron chi connectivity index (χ3n) is 4.39. The zero-order chi connectivity index (χ0) is 19.5. The number of hydrogen-bond donors (Lipinski definition) is 2. The summed E-state index contributed by atoms with van der Waals surface area (Å²) in [7, 11) is 0. The Morgan fingerprint density at radius 1 is 0.893 bits per heavy atom. The largest absolute Gasteiger partial charge is 0.469 e. The van der Waals surface area contributed by atoms with Crippen LogP contribution in [0.25, 0.3) is 10.9 Å². The Bertz CT molecular complexity index is 1160. The van der Waals surface area contributed by atoms with E-state index >= 15 is 0 Å².